The van der Waals surface area contributed by atoms with Crippen molar-refractivity contribution in [3.63, 3.8) is 0 Å². The van der Waals surface area contributed by atoms with Crippen LogP contribution in [-0.2, 0) is 16.1 Å². The molecule has 0 fully saturated rings. The molecular weight excluding hydrogens is 610 g/mol. The van der Waals surface area contributed by atoms with Crippen molar-refractivity contribution in [3.05, 3.63) is 83.4 Å². The number of thioether (sulfide) groups is 1. The Morgan fingerprint density at radius 2 is 1.52 bits per heavy atom. The largest absolute Gasteiger partial charge is 0.497 e. The van der Waals surface area contributed by atoms with Crippen molar-refractivity contribution >= 4 is 29.3 Å². The maximum absolute atomic E-state index is 14.4. The molecule has 0 saturated heterocycles. The molecule has 242 valence electrons. The number of carbonyl (C=O) groups excluding carboxylic acids is 2. The number of nitrogens with one attached hydrogen (secondary N) is 1. The number of amides is 2. The number of anilines is 1. The highest BCUT2D eigenvalue weighted by Crippen LogP contribution is 2.42. The van der Waals surface area contributed by atoms with Crippen molar-refractivity contribution in [1.82, 2.24) is 19.9 Å². The van der Waals surface area contributed by atoms with Gasteiger partial charge in [-0.25, -0.2) is 9.97 Å². The number of aromatic nitrogens is 3. The summed E-state index contributed by atoms with van der Waals surface area (Å²) in [5.74, 6) is 1.03. The van der Waals surface area contributed by atoms with E-state index in [1.807, 2.05) is 26.0 Å². The van der Waals surface area contributed by atoms with Crippen LogP contribution in [0.3, 0.4) is 0 Å². The summed E-state index contributed by atoms with van der Waals surface area (Å²) >= 11 is 1.19. The number of ether oxygens (including phenoxy) is 5. The second-order valence-electron chi connectivity index (χ2n) is 10.0. The first-order valence-corrected chi connectivity index (χ1v) is 15.2. The topological polar surface area (TPSA) is 134 Å². The molecule has 1 atom stereocenters. The zero-order chi connectivity index (χ0) is 33.2. The molecule has 0 aliphatic carbocycles. The molecule has 2 aromatic carbocycles. The second kappa shape index (κ2) is 15.8. The Balaban J connectivity index is 1.83. The van der Waals surface area contributed by atoms with Crippen LogP contribution in [-0.4, -0.2) is 73.0 Å². The molecule has 1 N–H and O–H groups in total. The third-order valence-electron chi connectivity index (χ3n) is 6.91. The molecule has 0 spiro atoms. The zero-order valence-corrected chi connectivity index (χ0v) is 27.6. The first kappa shape index (κ1) is 33.8. The molecule has 2 aromatic heterocycles. The van der Waals surface area contributed by atoms with E-state index in [-0.39, 0.29) is 18.2 Å². The van der Waals surface area contributed by atoms with Crippen LogP contribution in [0.4, 0.5) is 5.69 Å². The van der Waals surface area contributed by atoms with Gasteiger partial charge in [0.05, 0.1) is 47.0 Å². The highest BCUT2D eigenvalue weighted by Gasteiger charge is 2.34. The monoisotopic (exact) mass is 647 g/mol. The van der Waals surface area contributed by atoms with Gasteiger partial charge in [-0.1, -0.05) is 17.8 Å². The molecule has 46 heavy (non-hydrogen) atoms. The van der Waals surface area contributed by atoms with Crippen LogP contribution < -0.4 is 29.0 Å². The van der Waals surface area contributed by atoms with Crippen LogP contribution in [0.1, 0.15) is 28.6 Å². The predicted molar refractivity (Wildman–Crippen MR) is 174 cm³/mol. The van der Waals surface area contributed by atoms with Crippen LogP contribution >= 0.6 is 11.8 Å². The van der Waals surface area contributed by atoms with E-state index in [9.17, 15) is 9.59 Å². The molecule has 1 unspecified atom stereocenters. The van der Waals surface area contributed by atoms with Crippen molar-refractivity contribution in [2.75, 3.05) is 46.6 Å². The van der Waals surface area contributed by atoms with Gasteiger partial charge in [0, 0.05) is 36.4 Å². The summed E-state index contributed by atoms with van der Waals surface area (Å²) in [5.41, 5.74) is 3.10. The lowest BCUT2D eigenvalue weighted by Crippen LogP contribution is -2.42. The van der Waals surface area contributed by atoms with Gasteiger partial charge in [-0.05, 0) is 61.4 Å². The van der Waals surface area contributed by atoms with E-state index >= 15 is 0 Å². The number of carbonyl (C=O) groups is 2. The first-order valence-electron chi connectivity index (χ1n) is 14.2. The maximum atomic E-state index is 14.4. The van der Waals surface area contributed by atoms with Crippen LogP contribution in [0.5, 0.6) is 28.7 Å². The summed E-state index contributed by atoms with van der Waals surface area (Å²) in [6.45, 7) is 3.80. The Morgan fingerprint density at radius 1 is 0.848 bits per heavy atom. The number of nitrogens with zero attached hydrogens (tertiary/aromatic N) is 4. The quantitative estimate of drug-likeness (QED) is 0.146. The number of hydrogen-bond acceptors (Lipinski definition) is 11. The fraction of sp³-hybridized carbons (Fsp3) is 0.303. The summed E-state index contributed by atoms with van der Waals surface area (Å²) < 4.78 is 27.6. The van der Waals surface area contributed by atoms with Gasteiger partial charge in [0.2, 0.25) is 11.7 Å². The predicted octanol–water partition coefficient (Wildman–Crippen LogP) is 5.03. The van der Waals surface area contributed by atoms with E-state index in [2.05, 4.69) is 20.3 Å². The van der Waals surface area contributed by atoms with E-state index in [4.69, 9.17) is 23.7 Å². The summed E-state index contributed by atoms with van der Waals surface area (Å²) in [7, 11) is 7.49. The normalized spacial score (nSPS) is 11.3. The molecule has 13 heteroatoms. The lowest BCUT2D eigenvalue weighted by atomic mass is 10.0. The Bertz CT molecular complexity index is 1630. The minimum atomic E-state index is -1.17. The lowest BCUT2D eigenvalue weighted by Gasteiger charge is -2.32. The molecule has 2 heterocycles. The highest BCUT2D eigenvalue weighted by atomic mass is 32.2. The van der Waals surface area contributed by atoms with E-state index in [0.717, 1.165) is 17.0 Å². The van der Waals surface area contributed by atoms with Crippen LogP contribution in [0.15, 0.2) is 66.1 Å². The Labute approximate surface area is 272 Å². The molecule has 0 saturated carbocycles. The van der Waals surface area contributed by atoms with Gasteiger partial charge < -0.3 is 33.9 Å². The maximum Gasteiger partial charge on any atom is 0.251 e. The Hall–Kier alpha value is -5.04. The summed E-state index contributed by atoms with van der Waals surface area (Å²) in [6, 6.07) is 12.6. The average molecular weight is 648 g/mol. The van der Waals surface area contributed by atoms with E-state index in [1.54, 1.807) is 48.8 Å². The lowest BCUT2D eigenvalue weighted by molar-refractivity contribution is -0.137. The number of methoxy groups -OCH3 is 5. The van der Waals surface area contributed by atoms with Gasteiger partial charge >= 0.3 is 0 Å². The summed E-state index contributed by atoms with van der Waals surface area (Å²) in [5, 5.41) is 3.41. The standard InChI is InChI=1S/C33H37N5O7S/c1-20-13-21(2)36-33(35-20)46-19-29(39)38(18-22-9-8-12-34-17-22)30(23-14-27(43-5)31(45-7)28(15-23)44-6)32(40)37-25-11-10-24(41-3)16-26(25)42-4/h8-17,30H,18-19H2,1-7H3,(H,37,40). The molecular formula is C33H37N5O7S. The summed E-state index contributed by atoms with van der Waals surface area (Å²) in [4.78, 5) is 43.3. The third-order valence-corrected chi connectivity index (χ3v) is 7.74. The first-order chi connectivity index (χ1) is 22.2. The minimum absolute atomic E-state index is 0.0385. The van der Waals surface area contributed by atoms with E-state index in [0.29, 0.717) is 45.2 Å². The van der Waals surface area contributed by atoms with Crippen molar-refractivity contribution < 1.29 is 33.3 Å². The van der Waals surface area contributed by atoms with Gasteiger partial charge in [0.25, 0.3) is 5.91 Å². The van der Waals surface area contributed by atoms with E-state index in [1.165, 1.54) is 52.2 Å². The molecule has 0 radical (unpaired) electrons. The summed E-state index contributed by atoms with van der Waals surface area (Å²) in [6.07, 6.45) is 3.29. The zero-order valence-electron chi connectivity index (χ0n) is 26.8. The smallest absolute Gasteiger partial charge is 0.251 e. The van der Waals surface area contributed by atoms with Gasteiger partial charge in [0.1, 0.15) is 17.5 Å². The van der Waals surface area contributed by atoms with Crippen LogP contribution in [0.2, 0.25) is 0 Å². The average Bonchev–Trinajstić information content (AvgIpc) is 3.06. The Kier molecular flexibility index (Phi) is 11.6. The van der Waals surface area contributed by atoms with Gasteiger partial charge in [0.15, 0.2) is 16.7 Å². The number of hydrogen-bond donors (Lipinski definition) is 1. The van der Waals surface area contributed by atoms with Gasteiger partial charge in [-0.3, -0.25) is 14.6 Å². The molecule has 12 nitrogen and oxygen atoms in total. The molecule has 4 rings (SSSR count). The fourth-order valence-electron chi connectivity index (χ4n) is 4.81. The van der Waals surface area contributed by atoms with E-state index < -0.39 is 11.9 Å². The van der Waals surface area contributed by atoms with Gasteiger partial charge in [-0.15, -0.1) is 0 Å². The van der Waals surface area contributed by atoms with Crippen LogP contribution in [0.25, 0.3) is 0 Å². The van der Waals surface area contributed by atoms with Crippen molar-refractivity contribution in [3.8, 4) is 28.7 Å². The SMILES string of the molecule is COc1ccc(NC(=O)C(c2cc(OC)c(OC)c(OC)c2)N(Cc2cccnc2)C(=O)CSc2nc(C)cc(C)n2)c(OC)c1. The van der Waals surface area contributed by atoms with Crippen molar-refractivity contribution in [1.29, 1.82) is 0 Å². The molecule has 0 bridgehead atoms. The molecule has 2 amide bonds. The van der Waals surface area contributed by atoms with Crippen LogP contribution in [0, 0.1) is 13.8 Å². The molecule has 0 aliphatic rings. The Morgan fingerprint density at radius 3 is 2.09 bits per heavy atom. The molecule has 0 aliphatic heterocycles. The van der Waals surface area contributed by atoms with Crippen molar-refractivity contribution in [2.45, 2.75) is 31.6 Å². The minimum Gasteiger partial charge on any atom is -0.497 e. The van der Waals surface area contributed by atoms with Crippen molar-refractivity contribution in [2.24, 2.45) is 0 Å². The fourth-order valence-corrected chi connectivity index (χ4v) is 5.65. The number of aryl methyl sites for hydroxylation is 2. The number of rotatable bonds is 14. The number of pyridine rings is 1. The third kappa shape index (κ3) is 8.16. The molecule has 4 aromatic rings. The highest BCUT2D eigenvalue weighted by molar-refractivity contribution is 7.99. The van der Waals surface area contributed by atoms with Gasteiger partial charge in [-0.2, -0.15) is 0 Å². The second-order valence-corrected chi connectivity index (χ2v) is 11.0. The number of benzene rings is 2.